The summed E-state index contributed by atoms with van der Waals surface area (Å²) in [6, 6.07) is 2.98. The standard InChI is InChI=1S/C15H14ClF4NOS/c1-23-7-3-2-6-22-11-8-12(15(18,19)20)21-14-9(16)4-5-10(17)13(11)14/h4-5,8H,2-3,6-7H2,1H3. The number of ether oxygens (including phenoxy) is 1. The van der Waals surface area contributed by atoms with Crippen molar-refractivity contribution in [1.82, 2.24) is 4.98 Å². The van der Waals surface area contributed by atoms with E-state index in [1.807, 2.05) is 6.26 Å². The summed E-state index contributed by atoms with van der Waals surface area (Å²) in [5.41, 5.74) is -1.41. The van der Waals surface area contributed by atoms with Gasteiger partial charge in [-0.05, 0) is 37.0 Å². The van der Waals surface area contributed by atoms with E-state index in [0.29, 0.717) is 6.42 Å². The van der Waals surface area contributed by atoms with E-state index in [1.165, 1.54) is 6.07 Å². The number of alkyl halides is 3. The minimum Gasteiger partial charge on any atom is -0.493 e. The summed E-state index contributed by atoms with van der Waals surface area (Å²) >= 11 is 7.54. The molecule has 0 aliphatic rings. The Hall–Kier alpha value is -1.21. The van der Waals surface area contributed by atoms with Crippen molar-refractivity contribution in [2.45, 2.75) is 19.0 Å². The highest BCUT2D eigenvalue weighted by atomic mass is 35.5. The number of thioether (sulfide) groups is 1. The van der Waals surface area contributed by atoms with Crippen LogP contribution in [0.25, 0.3) is 10.9 Å². The number of nitrogens with zero attached hydrogens (tertiary/aromatic N) is 1. The van der Waals surface area contributed by atoms with E-state index in [9.17, 15) is 17.6 Å². The van der Waals surface area contributed by atoms with Crippen molar-refractivity contribution < 1.29 is 22.3 Å². The van der Waals surface area contributed by atoms with Crippen molar-refractivity contribution in [2.24, 2.45) is 0 Å². The smallest absolute Gasteiger partial charge is 0.433 e. The van der Waals surface area contributed by atoms with Crippen molar-refractivity contribution in [2.75, 3.05) is 18.6 Å². The molecule has 0 saturated carbocycles. The van der Waals surface area contributed by atoms with Gasteiger partial charge in [-0.25, -0.2) is 9.37 Å². The Morgan fingerprint density at radius 3 is 2.65 bits per heavy atom. The van der Waals surface area contributed by atoms with Crippen LogP contribution in [0.1, 0.15) is 18.5 Å². The van der Waals surface area contributed by atoms with Crippen LogP contribution in [-0.4, -0.2) is 23.6 Å². The monoisotopic (exact) mass is 367 g/mol. The molecule has 2 aromatic rings. The summed E-state index contributed by atoms with van der Waals surface area (Å²) < 4.78 is 58.3. The predicted molar refractivity (Wildman–Crippen MR) is 84.8 cm³/mol. The predicted octanol–water partition coefficient (Wildman–Crippen LogP) is 5.57. The van der Waals surface area contributed by atoms with Crippen LogP contribution in [0, 0.1) is 5.82 Å². The molecule has 2 nitrogen and oxygen atoms in total. The van der Waals surface area contributed by atoms with Crippen molar-refractivity contribution >= 4 is 34.3 Å². The quantitative estimate of drug-likeness (QED) is 0.492. The summed E-state index contributed by atoms with van der Waals surface area (Å²) in [6.45, 7) is 0.197. The molecule has 0 aliphatic carbocycles. The van der Waals surface area contributed by atoms with E-state index in [4.69, 9.17) is 16.3 Å². The molecule has 0 atom stereocenters. The van der Waals surface area contributed by atoms with Crippen LogP contribution in [0.4, 0.5) is 17.6 Å². The third kappa shape index (κ3) is 4.41. The van der Waals surface area contributed by atoms with Gasteiger partial charge in [0.05, 0.1) is 22.5 Å². The Morgan fingerprint density at radius 1 is 1.26 bits per heavy atom. The van der Waals surface area contributed by atoms with Crippen molar-refractivity contribution in [3.05, 3.63) is 34.7 Å². The lowest BCUT2D eigenvalue weighted by Crippen LogP contribution is -2.10. The number of benzene rings is 1. The molecule has 0 amide bonds. The zero-order chi connectivity index (χ0) is 17.0. The largest absolute Gasteiger partial charge is 0.493 e. The Bertz CT molecular complexity index is 693. The van der Waals surface area contributed by atoms with Gasteiger partial charge in [0, 0.05) is 6.07 Å². The van der Waals surface area contributed by atoms with Crippen LogP contribution >= 0.6 is 23.4 Å². The summed E-state index contributed by atoms with van der Waals surface area (Å²) in [5, 5.41) is -0.185. The molecular weight excluding hydrogens is 354 g/mol. The van der Waals surface area contributed by atoms with Gasteiger partial charge < -0.3 is 4.74 Å². The van der Waals surface area contributed by atoms with Gasteiger partial charge in [-0.3, -0.25) is 0 Å². The van der Waals surface area contributed by atoms with Gasteiger partial charge in [-0.1, -0.05) is 11.6 Å². The molecule has 126 valence electrons. The Morgan fingerprint density at radius 2 is 2.00 bits per heavy atom. The second kappa shape index (κ2) is 7.57. The molecule has 0 spiro atoms. The van der Waals surface area contributed by atoms with Crippen LogP contribution in [0.15, 0.2) is 18.2 Å². The second-order valence-electron chi connectivity index (χ2n) is 4.80. The first-order chi connectivity index (χ1) is 10.8. The van der Waals surface area contributed by atoms with Gasteiger partial charge in [0.25, 0.3) is 0 Å². The van der Waals surface area contributed by atoms with E-state index in [2.05, 4.69) is 4.98 Å². The average Bonchev–Trinajstić information content (AvgIpc) is 2.49. The molecule has 1 aromatic carbocycles. The molecule has 0 radical (unpaired) electrons. The molecule has 8 heteroatoms. The number of halogens is 5. The van der Waals surface area contributed by atoms with Crippen LogP contribution < -0.4 is 4.74 Å². The van der Waals surface area contributed by atoms with Crippen LogP contribution in [-0.2, 0) is 6.18 Å². The lowest BCUT2D eigenvalue weighted by Gasteiger charge is -2.14. The molecule has 2 rings (SSSR count). The first kappa shape index (κ1) is 18.1. The fourth-order valence-corrected chi connectivity index (χ4v) is 2.72. The molecule has 0 N–H and O–H groups in total. The van der Waals surface area contributed by atoms with Gasteiger partial charge in [-0.2, -0.15) is 24.9 Å². The molecule has 0 aliphatic heterocycles. The lowest BCUT2D eigenvalue weighted by molar-refractivity contribution is -0.141. The molecule has 0 unspecified atom stereocenters. The van der Waals surface area contributed by atoms with Gasteiger partial charge >= 0.3 is 6.18 Å². The van der Waals surface area contributed by atoms with Gasteiger partial charge in [0.1, 0.15) is 17.3 Å². The summed E-state index contributed by atoms with van der Waals surface area (Å²) in [6.07, 6.45) is -1.18. The zero-order valence-corrected chi connectivity index (χ0v) is 13.8. The molecule has 1 heterocycles. The van der Waals surface area contributed by atoms with Crippen LogP contribution in [0.2, 0.25) is 5.02 Å². The van der Waals surface area contributed by atoms with Crippen molar-refractivity contribution in [3.8, 4) is 5.75 Å². The normalized spacial score (nSPS) is 11.9. The van der Waals surface area contributed by atoms with E-state index in [-0.39, 0.29) is 28.3 Å². The van der Waals surface area contributed by atoms with E-state index in [0.717, 1.165) is 24.3 Å². The molecule has 0 bridgehead atoms. The second-order valence-corrected chi connectivity index (χ2v) is 6.20. The summed E-state index contributed by atoms with van der Waals surface area (Å²) in [4.78, 5) is 3.44. The topological polar surface area (TPSA) is 22.1 Å². The first-order valence-corrected chi connectivity index (χ1v) is 8.59. The van der Waals surface area contributed by atoms with Crippen molar-refractivity contribution in [1.29, 1.82) is 0 Å². The minimum atomic E-state index is -4.67. The number of rotatable bonds is 6. The number of fused-ring (bicyclic) bond motifs is 1. The SMILES string of the molecule is CSCCCCOc1cc(C(F)(F)F)nc2c(Cl)ccc(F)c12. The van der Waals surface area contributed by atoms with Crippen LogP contribution in [0.3, 0.4) is 0 Å². The molecule has 1 aromatic heterocycles. The average molecular weight is 368 g/mol. The summed E-state index contributed by atoms with van der Waals surface area (Å²) in [7, 11) is 0. The maximum absolute atomic E-state index is 14.0. The van der Waals surface area contributed by atoms with E-state index >= 15 is 0 Å². The Kier molecular flexibility index (Phi) is 5.97. The molecular formula is C15H14ClF4NOS. The molecule has 23 heavy (non-hydrogen) atoms. The minimum absolute atomic E-state index is 0.0558. The summed E-state index contributed by atoms with van der Waals surface area (Å²) in [5.74, 6) is 0.0188. The zero-order valence-electron chi connectivity index (χ0n) is 12.2. The number of unbranched alkanes of at least 4 members (excludes halogenated alkanes) is 1. The maximum Gasteiger partial charge on any atom is 0.433 e. The van der Waals surface area contributed by atoms with Gasteiger partial charge in [0.2, 0.25) is 0 Å². The highest BCUT2D eigenvalue weighted by molar-refractivity contribution is 7.98. The van der Waals surface area contributed by atoms with Crippen molar-refractivity contribution in [3.63, 3.8) is 0 Å². The van der Waals surface area contributed by atoms with Crippen LogP contribution in [0.5, 0.6) is 5.75 Å². The third-order valence-electron chi connectivity index (χ3n) is 3.12. The molecule has 0 saturated heterocycles. The molecule has 0 fully saturated rings. The lowest BCUT2D eigenvalue weighted by atomic mass is 10.1. The Balaban J connectivity index is 2.41. The fraction of sp³-hybridized carbons (Fsp3) is 0.400. The van der Waals surface area contributed by atoms with Gasteiger partial charge in [0.15, 0.2) is 0 Å². The Labute approximate surface area is 140 Å². The number of pyridine rings is 1. The third-order valence-corrected chi connectivity index (χ3v) is 4.12. The fourth-order valence-electron chi connectivity index (χ4n) is 2.02. The maximum atomic E-state index is 14.0. The van der Waals surface area contributed by atoms with E-state index < -0.39 is 17.7 Å². The first-order valence-electron chi connectivity index (χ1n) is 6.82. The van der Waals surface area contributed by atoms with Gasteiger partial charge in [-0.15, -0.1) is 0 Å². The number of aromatic nitrogens is 1. The number of hydrogen-bond donors (Lipinski definition) is 0. The highest BCUT2D eigenvalue weighted by Crippen LogP contribution is 2.37. The van der Waals surface area contributed by atoms with E-state index in [1.54, 1.807) is 11.8 Å². The highest BCUT2D eigenvalue weighted by Gasteiger charge is 2.34. The number of hydrogen-bond acceptors (Lipinski definition) is 3.